The van der Waals surface area contributed by atoms with Crippen molar-refractivity contribution in [1.82, 2.24) is 0 Å². The van der Waals surface area contributed by atoms with Gasteiger partial charge in [-0.2, -0.15) is 0 Å². The predicted molar refractivity (Wildman–Crippen MR) is 38.2 cm³/mol. The van der Waals surface area contributed by atoms with E-state index in [0.29, 0.717) is 6.42 Å². The van der Waals surface area contributed by atoms with Crippen LogP contribution in [0.2, 0.25) is 0 Å². The van der Waals surface area contributed by atoms with Gasteiger partial charge in [0, 0.05) is 6.42 Å². The molecule has 0 aromatic carbocycles. The molecule has 0 bridgehead atoms. The Morgan fingerprint density at radius 1 is 1.78 bits per heavy atom. The highest BCUT2D eigenvalue weighted by Crippen LogP contribution is 2.02. The summed E-state index contributed by atoms with van der Waals surface area (Å²) in [7, 11) is 0. The molecule has 0 aromatic heterocycles. The summed E-state index contributed by atoms with van der Waals surface area (Å²) in [5.74, 6) is 0. The maximum absolute atomic E-state index is 9.83. The average Bonchev–Trinajstić information content (AvgIpc) is 1.89. The van der Waals surface area contributed by atoms with Gasteiger partial charge in [-0.3, -0.25) is 0 Å². The molecular formula is C8H12O. The molecule has 0 amide bonds. The summed E-state index contributed by atoms with van der Waals surface area (Å²) < 4.78 is 0. The van der Waals surface area contributed by atoms with Crippen molar-refractivity contribution in [2.45, 2.75) is 26.2 Å². The van der Waals surface area contributed by atoms with E-state index in [1.807, 2.05) is 6.92 Å². The molecule has 1 heteroatoms. The minimum atomic E-state index is 0.652. The molecule has 0 radical (unpaired) electrons. The lowest BCUT2D eigenvalue weighted by Crippen LogP contribution is -1.77. The zero-order valence-corrected chi connectivity index (χ0v) is 5.81. The van der Waals surface area contributed by atoms with Gasteiger partial charge < -0.3 is 4.79 Å². The summed E-state index contributed by atoms with van der Waals surface area (Å²) in [6.07, 6.45) is 3.47. The Kier molecular flexibility index (Phi) is 4.85. The normalized spacial score (nSPS) is 8.11. The van der Waals surface area contributed by atoms with Gasteiger partial charge in [-0.15, -0.1) is 5.73 Å². The molecule has 0 saturated carbocycles. The number of carbonyl (C=O) groups is 1. The van der Waals surface area contributed by atoms with Crippen LogP contribution in [0.3, 0.4) is 0 Å². The van der Waals surface area contributed by atoms with Gasteiger partial charge in [0.05, 0.1) is 0 Å². The van der Waals surface area contributed by atoms with Gasteiger partial charge in [-0.1, -0.05) is 6.58 Å². The van der Waals surface area contributed by atoms with Crippen LogP contribution in [0.5, 0.6) is 0 Å². The van der Waals surface area contributed by atoms with Gasteiger partial charge in [-0.25, -0.2) is 0 Å². The van der Waals surface area contributed by atoms with Crippen LogP contribution in [-0.4, -0.2) is 6.29 Å². The van der Waals surface area contributed by atoms with Gasteiger partial charge in [0.2, 0.25) is 0 Å². The van der Waals surface area contributed by atoms with E-state index in [1.165, 1.54) is 0 Å². The van der Waals surface area contributed by atoms with Crippen LogP contribution in [0.15, 0.2) is 17.9 Å². The number of allylic oxidation sites excluding steroid dienone is 1. The molecular weight excluding hydrogens is 112 g/mol. The third kappa shape index (κ3) is 5.05. The van der Waals surface area contributed by atoms with E-state index >= 15 is 0 Å². The highest BCUT2D eigenvalue weighted by Gasteiger charge is 1.86. The number of hydrogen-bond donors (Lipinski definition) is 0. The van der Waals surface area contributed by atoms with Crippen LogP contribution < -0.4 is 0 Å². The zero-order chi connectivity index (χ0) is 7.11. The third-order valence-corrected chi connectivity index (χ3v) is 1.18. The molecule has 0 N–H and O–H groups in total. The van der Waals surface area contributed by atoms with E-state index in [-0.39, 0.29) is 0 Å². The number of unbranched alkanes of at least 4 members (excludes halogenated alkanes) is 1. The minimum absolute atomic E-state index is 0.652. The van der Waals surface area contributed by atoms with Crippen LogP contribution in [0, 0.1) is 0 Å². The predicted octanol–water partition coefficient (Wildman–Crippen LogP) is 2.09. The van der Waals surface area contributed by atoms with Crippen molar-refractivity contribution in [3.8, 4) is 0 Å². The zero-order valence-electron chi connectivity index (χ0n) is 5.81. The summed E-state index contributed by atoms with van der Waals surface area (Å²) in [6.45, 7) is 5.46. The molecule has 0 aliphatic rings. The minimum Gasteiger partial charge on any atom is -0.303 e. The number of hydrogen-bond acceptors (Lipinski definition) is 1. The molecule has 9 heavy (non-hydrogen) atoms. The molecule has 50 valence electrons. The van der Waals surface area contributed by atoms with Gasteiger partial charge in [-0.05, 0) is 25.3 Å². The molecule has 0 aliphatic heterocycles. The SMILES string of the molecule is C=C=C(C)CCCC=O. The largest absolute Gasteiger partial charge is 0.303 e. The van der Waals surface area contributed by atoms with E-state index in [4.69, 9.17) is 0 Å². The van der Waals surface area contributed by atoms with Crippen molar-refractivity contribution in [2.75, 3.05) is 0 Å². The summed E-state index contributed by atoms with van der Waals surface area (Å²) in [6, 6.07) is 0. The second-order valence-corrected chi connectivity index (χ2v) is 2.02. The van der Waals surface area contributed by atoms with Crippen LogP contribution in [0.4, 0.5) is 0 Å². The average molecular weight is 124 g/mol. The lowest BCUT2D eigenvalue weighted by molar-refractivity contribution is -0.107. The quantitative estimate of drug-likeness (QED) is 0.318. The lowest BCUT2D eigenvalue weighted by Gasteiger charge is -1.91. The van der Waals surface area contributed by atoms with Gasteiger partial charge in [0.1, 0.15) is 6.29 Å². The molecule has 0 spiro atoms. The fourth-order valence-corrected chi connectivity index (χ4v) is 0.539. The molecule has 0 fully saturated rings. The second kappa shape index (κ2) is 5.33. The number of carbonyl (C=O) groups excluding carboxylic acids is 1. The van der Waals surface area contributed by atoms with Gasteiger partial charge in [0.25, 0.3) is 0 Å². The first-order chi connectivity index (χ1) is 4.31. The second-order valence-electron chi connectivity index (χ2n) is 2.02. The van der Waals surface area contributed by atoms with E-state index in [9.17, 15) is 4.79 Å². The van der Waals surface area contributed by atoms with E-state index in [0.717, 1.165) is 24.7 Å². The molecule has 0 aromatic rings. The summed E-state index contributed by atoms with van der Waals surface area (Å²) in [5, 5.41) is 0. The molecule has 0 saturated heterocycles. The van der Waals surface area contributed by atoms with E-state index in [1.54, 1.807) is 0 Å². The molecule has 1 nitrogen and oxygen atoms in total. The smallest absolute Gasteiger partial charge is 0.120 e. The van der Waals surface area contributed by atoms with Crippen molar-refractivity contribution < 1.29 is 4.79 Å². The molecule has 0 heterocycles. The Morgan fingerprint density at radius 2 is 2.44 bits per heavy atom. The Bertz CT molecular complexity index is 130. The monoisotopic (exact) mass is 124 g/mol. The fraction of sp³-hybridized carbons (Fsp3) is 0.500. The summed E-state index contributed by atoms with van der Waals surface area (Å²) >= 11 is 0. The topological polar surface area (TPSA) is 17.1 Å². The Hall–Kier alpha value is -0.810. The Morgan fingerprint density at radius 3 is 2.89 bits per heavy atom. The number of rotatable bonds is 4. The first-order valence-corrected chi connectivity index (χ1v) is 3.10. The lowest BCUT2D eigenvalue weighted by atomic mass is 10.1. The molecule has 0 atom stereocenters. The maximum atomic E-state index is 9.83. The van der Waals surface area contributed by atoms with Crippen molar-refractivity contribution in [1.29, 1.82) is 0 Å². The molecule has 0 unspecified atom stereocenters. The Labute approximate surface area is 56.1 Å². The summed E-state index contributed by atoms with van der Waals surface area (Å²) in [4.78, 5) is 9.83. The third-order valence-electron chi connectivity index (χ3n) is 1.18. The van der Waals surface area contributed by atoms with Crippen LogP contribution in [0.25, 0.3) is 0 Å². The van der Waals surface area contributed by atoms with Crippen molar-refractivity contribution in [3.05, 3.63) is 17.9 Å². The first kappa shape index (κ1) is 8.19. The standard InChI is InChI=1S/C8H12O/c1-3-8(2)6-4-5-7-9/h7H,1,4-6H2,2H3. The van der Waals surface area contributed by atoms with Gasteiger partial charge in [0.15, 0.2) is 0 Å². The highest BCUT2D eigenvalue weighted by atomic mass is 16.1. The van der Waals surface area contributed by atoms with E-state index < -0.39 is 0 Å². The van der Waals surface area contributed by atoms with E-state index in [2.05, 4.69) is 12.3 Å². The van der Waals surface area contributed by atoms with Crippen LogP contribution >= 0.6 is 0 Å². The van der Waals surface area contributed by atoms with Crippen LogP contribution in [-0.2, 0) is 4.79 Å². The van der Waals surface area contributed by atoms with Crippen molar-refractivity contribution in [3.63, 3.8) is 0 Å². The first-order valence-electron chi connectivity index (χ1n) is 3.10. The fourth-order valence-electron chi connectivity index (χ4n) is 0.539. The van der Waals surface area contributed by atoms with Crippen molar-refractivity contribution in [2.24, 2.45) is 0 Å². The van der Waals surface area contributed by atoms with Crippen LogP contribution in [0.1, 0.15) is 26.2 Å². The maximum Gasteiger partial charge on any atom is 0.120 e. The number of aldehydes is 1. The van der Waals surface area contributed by atoms with Gasteiger partial charge >= 0.3 is 0 Å². The highest BCUT2D eigenvalue weighted by molar-refractivity contribution is 5.49. The molecule has 0 aliphatic carbocycles. The molecule has 0 rings (SSSR count). The van der Waals surface area contributed by atoms with Crippen molar-refractivity contribution >= 4 is 6.29 Å². The summed E-state index contributed by atoms with van der Waals surface area (Å²) in [5.41, 5.74) is 3.91. The Balaban J connectivity index is 3.27.